The van der Waals surface area contributed by atoms with Crippen LogP contribution in [0.2, 0.25) is 0 Å². The van der Waals surface area contributed by atoms with Crippen LogP contribution >= 0.6 is 0 Å². The molecule has 0 heterocycles. The maximum atomic E-state index is 12.7. The highest BCUT2D eigenvalue weighted by atomic mass is 16.2. The summed E-state index contributed by atoms with van der Waals surface area (Å²) in [6, 6.07) is 8.75. The maximum Gasteiger partial charge on any atom is 0.227 e. The highest BCUT2D eigenvalue weighted by Gasteiger charge is 2.24. The number of aryl methyl sites for hydroxylation is 1. The number of benzene rings is 1. The van der Waals surface area contributed by atoms with Crippen molar-refractivity contribution < 1.29 is 4.79 Å². The van der Waals surface area contributed by atoms with Crippen LogP contribution in [0.15, 0.2) is 24.3 Å². The second kappa shape index (κ2) is 10.4. The average molecular weight is 303 g/mol. The summed E-state index contributed by atoms with van der Waals surface area (Å²) >= 11 is 0. The van der Waals surface area contributed by atoms with Gasteiger partial charge < -0.3 is 4.90 Å². The molecule has 0 saturated carbocycles. The van der Waals surface area contributed by atoms with Crippen LogP contribution in [-0.2, 0) is 4.79 Å². The minimum Gasteiger partial charge on any atom is -0.309 e. The van der Waals surface area contributed by atoms with E-state index in [1.807, 2.05) is 0 Å². The van der Waals surface area contributed by atoms with Crippen LogP contribution in [0.3, 0.4) is 0 Å². The largest absolute Gasteiger partial charge is 0.309 e. The van der Waals surface area contributed by atoms with E-state index in [0.29, 0.717) is 12.5 Å². The molecule has 22 heavy (non-hydrogen) atoms. The van der Waals surface area contributed by atoms with Crippen LogP contribution in [0.1, 0.15) is 77.7 Å². The van der Waals surface area contributed by atoms with Gasteiger partial charge in [0.25, 0.3) is 0 Å². The standard InChI is InChI=1S/C20H33NO/c1-5-8-13-18(14-9-6-2)21(20(22)11-7-3)19-15-10-12-17(4)16-19/h10,12,15-16,18H,5-9,11,13-14H2,1-4H3. The molecule has 0 N–H and O–H groups in total. The van der Waals surface area contributed by atoms with Gasteiger partial charge in [0.1, 0.15) is 0 Å². The van der Waals surface area contributed by atoms with Crippen LogP contribution in [0.5, 0.6) is 0 Å². The smallest absolute Gasteiger partial charge is 0.227 e. The van der Waals surface area contributed by atoms with Gasteiger partial charge in [0.15, 0.2) is 0 Å². The Bertz CT molecular complexity index is 433. The predicted octanol–water partition coefficient (Wildman–Crippen LogP) is 5.88. The number of hydrogen-bond donors (Lipinski definition) is 0. The lowest BCUT2D eigenvalue weighted by molar-refractivity contribution is -0.119. The Hall–Kier alpha value is -1.31. The van der Waals surface area contributed by atoms with Crippen molar-refractivity contribution in [2.75, 3.05) is 4.90 Å². The van der Waals surface area contributed by atoms with Gasteiger partial charge in [0.05, 0.1) is 0 Å². The van der Waals surface area contributed by atoms with Gasteiger partial charge in [0.2, 0.25) is 5.91 Å². The average Bonchev–Trinajstić information content (AvgIpc) is 2.50. The molecule has 2 heteroatoms. The third kappa shape index (κ3) is 5.82. The molecule has 0 saturated heterocycles. The molecule has 0 fully saturated rings. The van der Waals surface area contributed by atoms with Crippen molar-refractivity contribution in [3.8, 4) is 0 Å². The molecule has 0 spiro atoms. The number of carbonyl (C=O) groups excluding carboxylic acids is 1. The van der Waals surface area contributed by atoms with Gasteiger partial charge in [-0.25, -0.2) is 0 Å². The molecule has 0 aliphatic heterocycles. The first-order valence-electron chi connectivity index (χ1n) is 9.02. The van der Waals surface area contributed by atoms with Crippen molar-refractivity contribution in [2.24, 2.45) is 0 Å². The maximum absolute atomic E-state index is 12.7. The molecular weight excluding hydrogens is 270 g/mol. The third-order valence-corrected chi connectivity index (χ3v) is 4.16. The number of nitrogens with zero attached hydrogens (tertiary/aromatic N) is 1. The Balaban J connectivity index is 3.05. The fourth-order valence-corrected chi connectivity index (χ4v) is 2.95. The minimum absolute atomic E-state index is 0.283. The van der Waals surface area contributed by atoms with Crippen molar-refractivity contribution >= 4 is 11.6 Å². The fourth-order valence-electron chi connectivity index (χ4n) is 2.95. The minimum atomic E-state index is 0.283. The lowest BCUT2D eigenvalue weighted by atomic mass is 10.00. The van der Waals surface area contributed by atoms with E-state index in [2.05, 4.69) is 56.9 Å². The van der Waals surface area contributed by atoms with Gasteiger partial charge in [0, 0.05) is 18.2 Å². The number of amides is 1. The first-order chi connectivity index (χ1) is 10.6. The Kier molecular flexibility index (Phi) is 8.88. The van der Waals surface area contributed by atoms with Gasteiger partial charge in [-0.1, -0.05) is 58.6 Å². The Morgan fingerprint density at radius 2 is 1.68 bits per heavy atom. The van der Waals surface area contributed by atoms with Crippen LogP contribution in [0.25, 0.3) is 0 Å². The van der Waals surface area contributed by atoms with Crippen LogP contribution in [-0.4, -0.2) is 11.9 Å². The number of unbranched alkanes of at least 4 members (excludes halogenated alkanes) is 2. The number of carbonyl (C=O) groups is 1. The van der Waals surface area contributed by atoms with Gasteiger partial charge in [-0.15, -0.1) is 0 Å². The first kappa shape index (κ1) is 18.7. The summed E-state index contributed by atoms with van der Waals surface area (Å²) in [6.45, 7) is 8.63. The molecule has 1 aromatic rings. The normalized spacial score (nSPS) is 11.0. The molecule has 0 aliphatic rings. The summed E-state index contributed by atoms with van der Waals surface area (Å²) in [7, 11) is 0. The van der Waals surface area contributed by atoms with E-state index in [1.54, 1.807) is 0 Å². The number of rotatable bonds is 10. The molecule has 1 amide bonds. The summed E-state index contributed by atoms with van der Waals surface area (Å²) in [5, 5.41) is 0. The summed E-state index contributed by atoms with van der Waals surface area (Å²) in [4.78, 5) is 14.8. The molecule has 0 bridgehead atoms. The van der Waals surface area contributed by atoms with E-state index in [1.165, 1.54) is 31.2 Å². The van der Waals surface area contributed by atoms with E-state index in [9.17, 15) is 4.79 Å². The number of anilines is 1. The Morgan fingerprint density at radius 3 is 2.18 bits per heavy atom. The van der Waals surface area contributed by atoms with Crippen molar-refractivity contribution in [1.82, 2.24) is 0 Å². The molecule has 2 nitrogen and oxygen atoms in total. The van der Waals surface area contributed by atoms with Crippen molar-refractivity contribution in [3.05, 3.63) is 29.8 Å². The molecule has 0 unspecified atom stereocenters. The molecule has 1 aromatic carbocycles. The summed E-state index contributed by atoms with van der Waals surface area (Å²) < 4.78 is 0. The monoisotopic (exact) mass is 303 g/mol. The third-order valence-electron chi connectivity index (χ3n) is 4.16. The predicted molar refractivity (Wildman–Crippen MR) is 96.4 cm³/mol. The van der Waals surface area contributed by atoms with Crippen molar-refractivity contribution in [2.45, 2.75) is 85.1 Å². The molecule has 0 radical (unpaired) electrons. The Labute approximate surface area is 136 Å². The lowest BCUT2D eigenvalue weighted by Gasteiger charge is -2.32. The highest BCUT2D eigenvalue weighted by Crippen LogP contribution is 2.25. The van der Waals surface area contributed by atoms with Crippen molar-refractivity contribution in [3.63, 3.8) is 0 Å². The van der Waals surface area contributed by atoms with E-state index < -0.39 is 0 Å². The van der Waals surface area contributed by atoms with E-state index in [4.69, 9.17) is 0 Å². The topological polar surface area (TPSA) is 20.3 Å². The van der Waals surface area contributed by atoms with Gasteiger partial charge in [-0.05, 0) is 43.9 Å². The highest BCUT2D eigenvalue weighted by molar-refractivity contribution is 5.94. The molecular formula is C20H33NO. The van der Waals surface area contributed by atoms with E-state index in [0.717, 1.165) is 24.9 Å². The zero-order chi connectivity index (χ0) is 16.4. The van der Waals surface area contributed by atoms with Crippen molar-refractivity contribution in [1.29, 1.82) is 0 Å². The first-order valence-corrected chi connectivity index (χ1v) is 9.02. The summed E-state index contributed by atoms with van der Waals surface area (Å²) in [5.41, 5.74) is 2.30. The van der Waals surface area contributed by atoms with Crippen LogP contribution < -0.4 is 4.90 Å². The number of hydrogen-bond acceptors (Lipinski definition) is 1. The quantitative estimate of drug-likeness (QED) is 0.528. The van der Waals surface area contributed by atoms with Crippen LogP contribution in [0.4, 0.5) is 5.69 Å². The zero-order valence-electron chi connectivity index (χ0n) is 14.9. The molecule has 0 aromatic heterocycles. The molecule has 0 atom stereocenters. The fraction of sp³-hybridized carbons (Fsp3) is 0.650. The summed E-state index contributed by atoms with van der Waals surface area (Å²) in [5.74, 6) is 0.283. The van der Waals surface area contributed by atoms with E-state index >= 15 is 0 Å². The second-order valence-electron chi connectivity index (χ2n) is 6.29. The second-order valence-corrected chi connectivity index (χ2v) is 6.29. The zero-order valence-corrected chi connectivity index (χ0v) is 14.9. The molecule has 0 aliphatic carbocycles. The van der Waals surface area contributed by atoms with Crippen LogP contribution in [0, 0.1) is 6.92 Å². The molecule has 124 valence electrons. The van der Waals surface area contributed by atoms with E-state index in [-0.39, 0.29) is 5.91 Å². The Morgan fingerprint density at radius 1 is 1.05 bits per heavy atom. The SMILES string of the molecule is CCCCC(CCCC)N(C(=O)CCC)c1cccc(C)c1. The molecule has 1 rings (SSSR count). The summed E-state index contributed by atoms with van der Waals surface area (Å²) in [6.07, 6.45) is 8.53. The van der Waals surface area contributed by atoms with Gasteiger partial charge in [-0.3, -0.25) is 4.79 Å². The van der Waals surface area contributed by atoms with Gasteiger partial charge >= 0.3 is 0 Å². The van der Waals surface area contributed by atoms with Gasteiger partial charge in [-0.2, -0.15) is 0 Å². The lowest BCUT2D eigenvalue weighted by Crippen LogP contribution is -2.40.